The number of carbonyl (C=O) groups excluding carboxylic acids is 1. The van der Waals surface area contributed by atoms with E-state index < -0.39 is 17.8 Å². The Labute approximate surface area is 180 Å². The van der Waals surface area contributed by atoms with Crippen LogP contribution >= 0.6 is 0 Å². The van der Waals surface area contributed by atoms with Crippen LogP contribution in [-0.4, -0.2) is 30.3 Å². The van der Waals surface area contributed by atoms with E-state index in [-0.39, 0.29) is 22.9 Å². The van der Waals surface area contributed by atoms with Gasteiger partial charge in [-0.3, -0.25) is 9.48 Å². The van der Waals surface area contributed by atoms with Crippen LogP contribution < -0.4 is 5.32 Å². The van der Waals surface area contributed by atoms with Crippen molar-refractivity contribution in [3.63, 3.8) is 0 Å². The average molecular weight is 440 g/mol. The SMILES string of the molecule is Cc1ccccc1Cn1ccc(NC(=O)c2cnn3c(C(F)(F)F)cc(C4CC4)nc23)n1. The van der Waals surface area contributed by atoms with E-state index in [0.29, 0.717) is 16.8 Å². The summed E-state index contributed by atoms with van der Waals surface area (Å²) in [7, 11) is 0. The van der Waals surface area contributed by atoms with Gasteiger partial charge in [-0.25, -0.2) is 9.50 Å². The van der Waals surface area contributed by atoms with Crippen molar-refractivity contribution in [1.82, 2.24) is 24.4 Å². The Balaban J connectivity index is 1.42. The van der Waals surface area contributed by atoms with Crippen LogP contribution in [0.1, 0.15) is 51.6 Å². The summed E-state index contributed by atoms with van der Waals surface area (Å²) < 4.78 is 43.0. The van der Waals surface area contributed by atoms with Gasteiger partial charge in [0, 0.05) is 23.9 Å². The Hall–Kier alpha value is -3.69. The van der Waals surface area contributed by atoms with Gasteiger partial charge < -0.3 is 5.32 Å². The number of fused-ring (bicyclic) bond motifs is 1. The van der Waals surface area contributed by atoms with E-state index in [4.69, 9.17) is 0 Å². The zero-order valence-corrected chi connectivity index (χ0v) is 17.1. The van der Waals surface area contributed by atoms with Gasteiger partial charge in [0.2, 0.25) is 0 Å². The van der Waals surface area contributed by atoms with Crippen LogP contribution in [0.4, 0.5) is 19.0 Å². The lowest BCUT2D eigenvalue weighted by Crippen LogP contribution is -2.16. The van der Waals surface area contributed by atoms with Crippen molar-refractivity contribution in [2.75, 3.05) is 5.32 Å². The van der Waals surface area contributed by atoms with Crippen molar-refractivity contribution in [3.05, 3.63) is 76.9 Å². The van der Waals surface area contributed by atoms with Crippen LogP contribution in [0, 0.1) is 6.92 Å². The molecule has 3 aromatic heterocycles. The second-order valence-electron chi connectivity index (χ2n) is 7.91. The predicted octanol–water partition coefficient (Wildman–Crippen LogP) is 4.43. The second-order valence-corrected chi connectivity index (χ2v) is 7.91. The summed E-state index contributed by atoms with van der Waals surface area (Å²) in [6, 6.07) is 10.5. The minimum Gasteiger partial charge on any atom is -0.305 e. The highest BCUT2D eigenvalue weighted by Crippen LogP contribution is 2.41. The Bertz CT molecular complexity index is 1320. The van der Waals surface area contributed by atoms with Crippen LogP contribution in [0.3, 0.4) is 0 Å². The number of hydrogen-bond acceptors (Lipinski definition) is 4. The molecular weight excluding hydrogens is 421 g/mol. The van der Waals surface area contributed by atoms with E-state index in [1.54, 1.807) is 16.9 Å². The fourth-order valence-corrected chi connectivity index (χ4v) is 3.59. The largest absolute Gasteiger partial charge is 0.433 e. The van der Waals surface area contributed by atoms with E-state index in [1.165, 1.54) is 0 Å². The molecule has 164 valence electrons. The van der Waals surface area contributed by atoms with Crippen LogP contribution in [-0.2, 0) is 12.7 Å². The molecule has 0 unspecified atom stereocenters. The minimum absolute atomic E-state index is 0.0101. The first kappa shape index (κ1) is 20.2. The van der Waals surface area contributed by atoms with Gasteiger partial charge in [0.15, 0.2) is 11.5 Å². The molecule has 1 aromatic carbocycles. The van der Waals surface area contributed by atoms with Crippen molar-refractivity contribution in [3.8, 4) is 0 Å². The smallest absolute Gasteiger partial charge is 0.305 e. The first-order valence-corrected chi connectivity index (χ1v) is 10.1. The number of aromatic nitrogens is 5. The third-order valence-corrected chi connectivity index (χ3v) is 5.50. The van der Waals surface area contributed by atoms with Gasteiger partial charge in [0.1, 0.15) is 11.3 Å². The van der Waals surface area contributed by atoms with Gasteiger partial charge in [0.25, 0.3) is 5.91 Å². The number of hydrogen-bond donors (Lipinski definition) is 1. The van der Waals surface area contributed by atoms with E-state index in [1.807, 2.05) is 31.2 Å². The standard InChI is InChI=1S/C22H19F3N6O/c1-13-4-2-3-5-15(13)12-30-9-8-19(29-30)28-21(32)16-11-26-31-18(22(23,24)25)10-17(14-6-7-14)27-20(16)31/h2-5,8-11,14H,6-7,12H2,1H3,(H,28,29,32). The van der Waals surface area contributed by atoms with Crippen LogP contribution in [0.25, 0.3) is 5.65 Å². The number of halogens is 3. The zero-order valence-electron chi connectivity index (χ0n) is 17.1. The number of nitrogens with one attached hydrogen (secondary N) is 1. The summed E-state index contributed by atoms with van der Waals surface area (Å²) in [4.78, 5) is 17.2. The highest BCUT2D eigenvalue weighted by Gasteiger charge is 2.38. The van der Waals surface area contributed by atoms with Gasteiger partial charge in [-0.15, -0.1) is 0 Å². The molecule has 10 heteroatoms. The van der Waals surface area contributed by atoms with Gasteiger partial charge in [-0.05, 0) is 37.0 Å². The first-order valence-electron chi connectivity index (χ1n) is 10.1. The molecule has 32 heavy (non-hydrogen) atoms. The Morgan fingerprint density at radius 2 is 2.00 bits per heavy atom. The molecule has 1 saturated carbocycles. The number of rotatable bonds is 5. The van der Waals surface area contributed by atoms with E-state index in [0.717, 1.165) is 36.2 Å². The maximum absolute atomic E-state index is 13.5. The maximum Gasteiger partial charge on any atom is 0.433 e. The van der Waals surface area contributed by atoms with Gasteiger partial charge in [-0.2, -0.15) is 23.4 Å². The molecular formula is C22H19F3N6O. The van der Waals surface area contributed by atoms with Crippen molar-refractivity contribution in [1.29, 1.82) is 0 Å². The predicted molar refractivity (Wildman–Crippen MR) is 110 cm³/mol. The second kappa shape index (κ2) is 7.47. The number of nitrogens with zero attached hydrogens (tertiary/aromatic N) is 5. The molecule has 4 aromatic rings. The van der Waals surface area contributed by atoms with E-state index in [9.17, 15) is 18.0 Å². The number of alkyl halides is 3. The Morgan fingerprint density at radius 1 is 1.22 bits per heavy atom. The summed E-state index contributed by atoms with van der Waals surface area (Å²) in [6.07, 6.45) is -0.209. The molecule has 3 heterocycles. The molecule has 0 spiro atoms. The number of benzene rings is 1. The lowest BCUT2D eigenvalue weighted by molar-refractivity contribution is -0.142. The molecule has 0 radical (unpaired) electrons. The van der Waals surface area contributed by atoms with Crippen molar-refractivity contribution < 1.29 is 18.0 Å². The normalized spacial score (nSPS) is 14.1. The van der Waals surface area contributed by atoms with Crippen molar-refractivity contribution in [2.45, 2.75) is 38.4 Å². The highest BCUT2D eigenvalue weighted by molar-refractivity contribution is 6.07. The molecule has 0 bridgehead atoms. The summed E-state index contributed by atoms with van der Waals surface area (Å²) in [5.41, 5.74) is 1.46. The molecule has 0 aliphatic heterocycles. The molecule has 1 fully saturated rings. The molecule has 0 saturated heterocycles. The zero-order chi connectivity index (χ0) is 22.5. The lowest BCUT2D eigenvalue weighted by atomic mass is 10.1. The third-order valence-electron chi connectivity index (χ3n) is 5.50. The fraction of sp³-hybridized carbons (Fsp3) is 0.273. The molecule has 1 amide bonds. The number of amides is 1. The molecule has 1 aliphatic carbocycles. The number of aryl methyl sites for hydroxylation is 1. The van der Waals surface area contributed by atoms with E-state index >= 15 is 0 Å². The molecule has 1 N–H and O–H groups in total. The molecule has 1 aliphatic rings. The minimum atomic E-state index is -4.61. The molecule has 5 rings (SSSR count). The fourth-order valence-electron chi connectivity index (χ4n) is 3.59. The monoisotopic (exact) mass is 440 g/mol. The summed E-state index contributed by atoms with van der Waals surface area (Å²) in [5.74, 6) is -0.337. The average Bonchev–Trinajstić information content (AvgIpc) is 3.36. The first-order chi connectivity index (χ1) is 15.3. The highest BCUT2D eigenvalue weighted by atomic mass is 19.4. The van der Waals surface area contributed by atoms with Gasteiger partial charge >= 0.3 is 6.18 Å². The van der Waals surface area contributed by atoms with Gasteiger partial charge in [0.05, 0.1) is 12.7 Å². The summed E-state index contributed by atoms with van der Waals surface area (Å²) in [5, 5.41) is 10.8. The quantitative estimate of drug-likeness (QED) is 0.498. The maximum atomic E-state index is 13.5. The van der Waals surface area contributed by atoms with Crippen molar-refractivity contribution >= 4 is 17.4 Å². The summed E-state index contributed by atoms with van der Waals surface area (Å²) in [6.45, 7) is 2.53. The molecule has 0 atom stereocenters. The lowest BCUT2D eigenvalue weighted by Gasteiger charge is -2.11. The van der Waals surface area contributed by atoms with Crippen LogP contribution in [0.5, 0.6) is 0 Å². The topological polar surface area (TPSA) is 77.1 Å². The Kier molecular flexibility index (Phi) is 4.72. The number of carbonyl (C=O) groups is 1. The van der Waals surface area contributed by atoms with E-state index in [2.05, 4.69) is 20.5 Å². The van der Waals surface area contributed by atoms with Crippen LogP contribution in [0.2, 0.25) is 0 Å². The Morgan fingerprint density at radius 3 is 2.72 bits per heavy atom. The van der Waals surface area contributed by atoms with Gasteiger partial charge in [-0.1, -0.05) is 24.3 Å². The molecule has 7 nitrogen and oxygen atoms in total. The van der Waals surface area contributed by atoms with Crippen LogP contribution in [0.15, 0.2) is 48.8 Å². The number of anilines is 1. The third kappa shape index (κ3) is 3.83. The summed E-state index contributed by atoms with van der Waals surface area (Å²) >= 11 is 0. The van der Waals surface area contributed by atoms with Crippen molar-refractivity contribution in [2.24, 2.45) is 0 Å².